The van der Waals surface area contributed by atoms with Gasteiger partial charge in [0.05, 0.1) is 10.6 Å². The van der Waals surface area contributed by atoms with Gasteiger partial charge in [-0.15, -0.1) is 0 Å². The summed E-state index contributed by atoms with van der Waals surface area (Å²) in [6.07, 6.45) is 0.271. The lowest BCUT2D eigenvalue weighted by Crippen LogP contribution is -2.53. The molecule has 0 fully saturated rings. The van der Waals surface area contributed by atoms with Gasteiger partial charge < -0.3 is 10.2 Å². The number of benzene rings is 4. The largest absolute Gasteiger partial charge is 0.357 e. The summed E-state index contributed by atoms with van der Waals surface area (Å²) in [5, 5.41) is 2.71. The lowest BCUT2D eigenvalue weighted by molar-refractivity contribution is -0.139. The molecule has 0 spiro atoms. The van der Waals surface area contributed by atoms with E-state index in [1.165, 1.54) is 21.3 Å². The van der Waals surface area contributed by atoms with Crippen molar-refractivity contribution >= 4 is 27.5 Å². The SMILES string of the molecule is CNC(=O)[C@H](Cc1ccccc1)N(Cc1ccccc1C)C(=O)CN(c1cc(C)ccc1C)S(=O)(=O)c1ccccc1. The van der Waals surface area contributed by atoms with Gasteiger partial charge in [0, 0.05) is 20.0 Å². The molecule has 0 aliphatic carbocycles. The summed E-state index contributed by atoms with van der Waals surface area (Å²) in [4.78, 5) is 29.4. The van der Waals surface area contributed by atoms with Crippen LogP contribution in [0, 0.1) is 20.8 Å². The van der Waals surface area contributed by atoms with E-state index in [2.05, 4.69) is 5.32 Å². The molecule has 0 saturated heterocycles. The van der Waals surface area contributed by atoms with Gasteiger partial charge in [-0.2, -0.15) is 0 Å². The third-order valence-corrected chi connectivity index (χ3v) is 9.14. The van der Waals surface area contributed by atoms with Gasteiger partial charge in [-0.05, 0) is 66.8 Å². The summed E-state index contributed by atoms with van der Waals surface area (Å²) >= 11 is 0. The van der Waals surface area contributed by atoms with Crippen molar-refractivity contribution in [3.05, 3.63) is 131 Å². The second kappa shape index (κ2) is 13.5. The van der Waals surface area contributed by atoms with E-state index in [9.17, 15) is 18.0 Å². The Bertz CT molecular complexity index is 1640. The second-order valence-corrected chi connectivity index (χ2v) is 12.2. The number of hydrogen-bond donors (Lipinski definition) is 1. The van der Waals surface area contributed by atoms with Gasteiger partial charge in [-0.3, -0.25) is 13.9 Å². The number of sulfonamides is 1. The predicted molar refractivity (Wildman–Crippen MR) is 167 cm³/mol. The number of carbonyl (C=O) groups excluding carboxylic acids is 2. The lowest BCUT2D eigenvalue weighted by atomic mass is 10.0. The van der Waals surface area contributed by atoms with Crippen molar-refractivity contribution in [3.63, 3.8) is 0 Å². The van der Waals surface area contributed by atoms with E-state index in [-0.39, 0.29) is 23.8 Å². The van der Waals surface area contributed by atoms with Crippen LogP contribution >= 0.6 is 0 Å². The number of carbonyl (C=O) groups is 2. The molecule has 42 heavy (non-hydrogen) atoms. The molecule has 7 nitrogen and oxygen atoms in total. The van der Waals surface area contributed by atoms with Crippen molar-refractivity contribution in [2.45, 2.75) is 44.7 Å². The van der Waals surface area contributed by atoms with Crippen molar-refractivity contribution in [2.75, 3.05) is 17.9 Å². The first-order valence-corrected chi connectivity index (χ1v) is 15.3. The third kappa shape index (κ3) is 7.06. The fourth-order valence-corrected chi connectivity index (χ4v) is 6.40. The number of amides is 2. The Morgan fingerprint density at radius 3 is 2.05 bits per heavy atom. The smallest absolute Gasteiger partial charge is 0.264 e. The molecule has 0 aliphatic heterocycles. The Kier molecular flexibility index (Phi) is 9.80. The van der Waals surface area contributed by atoms with Gasteiger partial charge in [0.2, 0.25) is 11.8 Å². The first-order chi connectivity index (χ1) is 20.1. The number of likely N-dealkylation sites (N-methyl/N-ethyl adjacent to an activating group) is 1. The number of anilines is 1. The van der Waals surface area contributed by atoms with E-state index < -0.39 is 28.5 Å². The topological polar surface area (TPSA) is 86.8 Å². The van der Waals surface area contributed by atoms with Crippen LogP contribution in [0.3, 0.4) is 0 Å². The van der Waals surface area contributed by atoms with Crippen LogP contribution in [0.15, 0.2) is 108 Å². The van der Waals surface area contributed by atoms with E-state index in [4.69, 9.17) is 0 Å². The summed E-state index contributed by atoms with van der Waals surface area (Å²) in [6, 6.07) is 29.9. The zero-order chi connectivity index (χ0) is 30.3. The minimum atomic E-state index is -4.13. The molecule has 4 aromatic carbocycles. The minimum absolute atomic E-state index is 0.0799. The van der Waals surface area contributed by atoms with Gasteiger partial charge in [0.1, 0.15) is 12.6 Å². The fourth-order valence-electron chi connectivity index (χ4n) is 4.91. The van der Waals surface area contributed by atoms with Gasteiger partial charge in [0.25, 0.3) is 10.0 Å². The van der Waals surface area contributed by atoms with Crippen LogP contribution in [0.25, 0.3) is 0 Å². The zero-order valence-corrected chi connectivity index (χ0v) is 25.3. The summed E-state index contributed by atoms with van der Waals surface area (Å²) in [5.74, 6) is -0.812. The number of aryl methyl sites for hydroxylation is 3. The highest BCUT2D eigenvalue weighted by Gasteiger charge is 2.35. The highest BCUT2D eigenvalue weighted by Crippen LogP contribution is 2.29. The highest BCUT2D eigenvalue weighted by atomic mass is 32.2. The maximum atomic E-state index is 14.4. The maximum absolute atomic E-state index is 14.4. The average molecular weight is 584 g/mol. The Hall–Kier alpha value is -4.43. The molecule has 0 saturated carbocycles. The molecule has 0 unspecified atom stereocenters. The molecule has 0 aromatic heterocycles. The molecule has 1 N–H and O–H groups in total. The summed E-state index contributed by atoms with van der Waals surface area (Å²) in [7, 11) is -2.59. The van der Waals surface area contributed by atoms with E-state index in [0.717, 1.165) is 22.3 Å². The van der Waals surface area contributed by atoms with Crippen LogP contribution in [0.2, 0.25) is 0 Å². The standard InChI is InChI=1S/C34H37N3O4S/c1-25-19-20-27(3)31(21-25)37(42(40,41)30-17-9-6-10-18-30)24-33(38)36(23-29-16-12-11-13-26(29)2)32(34(39)35-4)22-28-14-7-5-8-15-28/h5-21,32H,22-24H2,1-4H3,(H,35,39)/t32-/m0/s1. The summed E-state index contributed by atoms with van der Waals surface area (Å²) in [5.41, 5.74) is 4.72. The average Bonchev–Trinajstić information content (AvgIpc) is 3.00. The van der Waals surface area contributed by atoms with Gasteiger partial charge in [-0.25, -0.2) is 8.42 Å². The van der Waals surface area contributed by atoms with Gasteiger partial charge in [-0.1, -0.05) is 84.9 Å². The summed E-state index contributed by atoms with van der Waals surface area (Å²) < 4.78 is 29.4. The van der Waals surface area contributed by atoms with Crippen molar-refractivity contribution in [3.8, 4) is 0 Å². The van der Waals surface area contributed by atoms with Crippen LogP contribution in [-0.2, 0) is 32.6 Å². The molecule has 0 bridgehead atoms. The molecule has 1 atom stereocenters. The fraction of sp³-hybridized carbons (Fsp3) is 0.235. The quantitative estimate of drug-likeness (QED) is 0.263. The Morgan fingerprint density at radius 1 is 0.786 bits per heavy atom. The van der Waals surface area contributed by atoms with Crippen molar-refractivity contribution < 1.29 is 18.0 Å². The molecule has 0 heterocycles. The summed E-state index contributed by atoms with van der Waals surface area (Å²) in [6.45, 7) is 5.31. The molecule has 4 rings (SSSR count). The van der Waals surface area contributed by atoms with E-state index in [0.29, 0.717) is 11.3 Å². The van der Waals surface area contributed by atoms with Crippen LogP contribution in [0.1, 0.15) is 27.8 Å². The van der Waals surface area contributed by atoms with Crippen LogP contribution in [0.4, 0.5) is 5.69 Å². The Balaban J connectivity index is 1.82. The first kappa shape index (κ1) is 30.5. The van der Waals surface area contributed by atoms with Crippen LogP contribution < -0.4 is 9.62 Å². The monoisotopic (exact) mass is 583 g/mol. The Morgan fingerprint density at radius 2 is 1.40 bits per heavy atom. The van der Waals surface area contributed by atoms with E-state index >= 15 is 0 Å². The van der Waals surface area contributed by atoms with E-state index in [1.807, 2.05) is 87.5 Å². The van der Waals surface area contributed by atoms with Crippen molar-refractivity contribution in [1.82, 2.24) is 10.2 Å². The maximum Gasteiger partial charge on any atom is 0.264 e. The molecule has 2 amide bonds. The molecule has 4 aromatic rings. The molecular formula is C34H37N3O4S. The van der Waals surface area contributed by atoms with Crippen molar-refractivity contribution in [1.29, 1.82) is 0 Å². The molecule has 8 heteroatoms. The van der Waals surface area contributed by atoms with Gasteiger partial charge >= 0.3 is 0 Å². The Labute approximate surface area is 248 Å². The number of rotatable bonds is 11. The highest BCUT2D eigenvalue weighted by molar-refractivity contribution is 7.92. The van der Waals surface area contributed by atoms with Crippen molar-refractivity contribution in [2.24, 2.45) is 0 Å². The number of hydrogen-bond acceptors (Lipinski definition) is 4. The number of nitrogens with one attached hydrogen (secondary N) is 1. The van der Waals surface area contributed by atoms with E-state index in [1.54, 1.807) is 31.3 Å². The van der Waals surface area contributed by atoms with Crippen LogP contribution in [0.5, 0.6) is 0 Å². The van der Waals surface area contributed by atoms with Gasteiger partial charge in [0.15, 0.2) is 0 Å². The molecule has 0 aliphatic rings. The first-order valence-electron chi connectivity index (χ1n) is 13.9. The third-order valence-electron chi connectivity index (χ3n) is 7.36. The molecule has 0 radical (unpaired) electrons. The van der Waals surface area contributed by atoms with Crippen LogP contribution in [-0.4, -0.2) is 44.8 Å². The molecular weight excluding hydrogens is 546 g/mol. The predicted octanol–water partition coefficient (Wildman–Crippen LogP) is 5.19. The normalized spacial score (nSPS) is 11.9. The second-order valence-electron chi connectivity index (χ2n) is 10.4. The minimum Gasteiger partial charge on any atom is -0.357 e. The molecule has 218 valence electrons. The lowest BCUT2D eigenvalue weighted by Gasteiger charge is -2.34. The zero-order valence-electron chi connectivity index (χ0n) is 24.4. The number of nitrogens with zero attached hydrogens (tertiary/aromatic N) is 2.